The predicted molar refractivity (Wildman–Crippen MR) is 60.5 cm³/mol. The van der Waals surface area contributed by atoms with Gasteiger partial charge < -0.3 is 10.2 Å². The molecule has 14 heavy (non-hydrogen) atoms. The summed E-state index contributed by atoms with van der Waals surface area (Å²) < 4.78 is 0. The lowest BCUT2D eigenvalue weighted by molar-refractivity contribution is 0.0929. The molecule has 1 aliphatic heterocycles. The molecule has 2 aliphatic rings. The normalized spacial score (nSPS) is 32.6. The summed E-state index contributed by atoms with van der Waals surface area (Å²) in [6.07, 6.45) is 8.59. The van der Waals surface area contributed by atoms with Crippen LogP contribution >= 0.6 is 0 Å². The quantitative estimate of drug-likeness (QED) is 0.741. The Hall–Kier alpha value is -0.0800. The van der Waals surface area contributed by atoms with Crippen molar-refractivity contribution in [3.05, 3.63) is 0 Å². The van der Waals surface area contributed by atoms with E-state index >= 15 is 0 Å². The zero-order chi connectivity index (χ0) is 9.97. The van der Waals surface area contributed by atoms with Crippen LogP contribution in [-0.4, -0.2) is 37.6 Å². The number of piperidine rings is 1. The number of hydrogen-bond donors (Lipinski definition) is 1. The van der Waals surface area contributed by atoms with Crippen molar-refractivity contribution in [2.24, 2.45) is 5.92 Å². The lowest BCUT2D eigenvalue weighted by atomic mass is 9.75. The molecule has 0 radical (unpaired) electrons. The maximum Gasteiger partial charge on any atom is 0.0248 e. The number of likely N-dealkylation sites (N-methyl/N-ethyl adjacent to an activating group) is 2. The third-order valence-corrected chi connectivity index (χ3v) is 4.23. The molecule has 0 amide bonds. The van der Waals surface area contributed by atoms with Crippen molar-refractivity contribution < 1.29 is 0 Å². The summed E-state index contributed by atoms with van der Waals surface area (Å²) in [7, 11) is 4.44. The average Bonchev–Trinajstić information content (AvgIpc) is 2.12. The van der Waals surface area contributed by atoms with Crippen LogP contribution < -0.4 is 5.32 Å². The smallest absolute Gasteiger partial charge is 0.0248 e. The highest BCUT2D eigenvalue weighted by Crippen LogP contribution is 2.34. The van der Waals surface area contributed by atoms with Crippen LogP contribution in [0.3, 0.4) is 0 Å². The van der Waals surface area contributed by atoms with Crippen molar-refractivity contribution in [3.8, 4) is 0 Å². The van der Waals surface area contributed by atoms with Gasteiger partial charge in [-0.15, -0.1) is 0 Å². The van der Waals surface area contributed by atoms with Crippen molar-refractivity contribution in [3.63, 3.8) is 0 Å². The van der Waals surface area contributed by atoms with Crippen LogP contribution in [0.1, 0.15) is 38.5 Å². The highest BCUT2D eigenvalue weighted by molar-refractivity contribution is 4.92. The van der Waals surface area contributed by atoms with Gasteiger partial charge in [0.2, 0.25) is 0 Å². The fourth-order valence-electron chi connectivity index (χ4n) is 3.10. The Morgan fingerprint density at radius 2 is 1.93 bits per heavy atom. The number of likely N-dealkylation sites (tertiary alicyclic amines) is 1. The molecular weight excluding hydrogens is 172 g/mol. The Balaban J connectivity index is 1.94. The molecule has 2 atom stereocenters. The van der Waals surface area contributed by atoms with Crippen LogP contribution in [0.25, 0.3) is 0 Å². The van der Waals surface area contributed by atoms with Gasteiger partial charge in [-0.1, -0.05) is 12.8 Å². The second-order valence-electron chi connectivity index (χ2n) is 5.05. The molecule has 2 rings (SSSR count). The van der Waals surface area contributed by atoms with Crippen molar-refractivity contribution in [1.29, 1.82) is 0 Å². The van der Waals surface area contributed by atoms with E-state index in [0.29, 0.717) is 0 Å². The summed E-state index contributed by atoms with van der Waals surface area (Å²) in [5.74, 6) is 0.963. The maximum atomic E-state index is 3.56. The fourth-order valence-corrected chi connectivity index (χ4v) is 3.10. The Morgan fingerprint density at radius 3 is 2.43 bits per heavy atom. The first-order chi connectivity index (χ1) is 6.83. The van der Waals surface area contributed by atoms with Gasteiger partial charge in [-0.2, -0.15) is 0 Å². The number of nitrogens with one attached hydrogen (secondary N) is 1. The van der Waals surface area contributed by atoms with Gasteiger partial charge >= 0.3 is 0 Å². The van der Waals surface area contributed by atoms with Crippen LogP contribution in [0.5, 0.6) is 0 Å². The minimum Gasteiger partial charge on any atom is -0.315 e. The molecule has 2 unspecified atom stereocenters. The number of rotatable bonds is 3. The van der Waals surface area contributed by atoms with Crippen LogP contribution in [0, 0.1) is 5.92 Å². The van der Waals surface area contributed by atoms with E-state index in [1.165, 1.54) is 45.1 Å². The summed E-state index contributed by atoms with van der Waals surface area (Å²) in [6.45, 7) is 1.30. The molecule has 1 saturated carbocycles. The second kappa shape index (κ2) is 4.63. The molecule has 1 N–H and O–H groups in total. The van der Waals surface area contributed by atoms with E-state index in [9.17, 15) is 0 Å². The van der Waals surface area contributed by atoms with Gasteiger partial charge in [0.1, 0.15) is 0 Å². The number of nitrogens with zero attached hydrogens (tertiary/aromatic N) is 1. The second-order valence-corrected chi connectivity index (χ2v) is 5.05. The summed E-state index contributed by atoms with van der Waals surface area (Å²) in [6, 6.07) is 1.56. The predicted octanol–water partition coefficient (Wildman–Crippen LogP) is 1.86. The van der Waals surface area contributed by atoms with Gasteiger partial charge in [0, 0.05) is 12.1 Å². The fraction of sp³-hybridized carbons (Fsp3) is 1.00. The van der Waals surface area contributed by atoms with Gasteiger partial charge in [-0.25, -0.2) is 0 Å². The molecule has 0 aromatic heterocycles. The monoisotopic (exact) mass is 196 g/mol. The van der Waals surface area contributed by atoms with Crippen LogP contribution in [-0.2, 0) is 0 Å². The van der Waals surface area contributed by atoms with E-state index in [4.69, 9.17) is 0 Å². The summed E-state index contributed by atoms with van der Waals surface area (Å²) >= 11 is 0. The standard InChI is InChI=1S/C12H24N2/c1-13-12(10-6-5-7-10)11-8-3-4-9-14(11)2/h10-13H,3-9H2,1-2H3. The third kappa shape index (κ3) is 1.96. The van der Waals surface area contributed by atoms with Crippen molar-refractivity contribution >= 4 is 0 Å². The topological polar surface area (TPSA) is 15.3 Å². The minimum atomic E-state index is 0.758. The first kappa shape index (κ1) is 10.4. The molecule has 2 heteroatoms. The molecule has 82 valence electrons. The summed E-state index contributed by atoms with van der Waals surface area (Å²) in [5, 5.41) is 3.56. The molecule has 0 bridgehead atoms. The van der Waals surface area contributed by atoms with Crippen molar-refractivity contribution in [1.82, 2.24) is 10.2 Å². The Labute approximate surface area is 88.1 Å². The average molecular weight is 196 g/mol. The van der Waals surface area contributed by atoms with Crippen LogP contribution in [0.2, 0.25) is 0 Å². The van der Waals surface area contributed by atoms with E-state index in [1.807, 2.05) is 0 Å². The van der Waals surface area contributed by atoms with Gasteiger partial charge in [0.15, 0.2) is 0 Å². The van der Waals surface area contributed by atoms with Crippen molar-refractivity contribution in [2.75, 3.05) is 20.6 Å². The molecule has 0 spiro atoms. The molecule has 0 aromatic rings. The van der Waals surface area contributed by atoms with E-state index in [2.05, 4.69) is 24.3 Å². The summed E-state index contributed by atoms with van der Waals surface area (Å²) in [4.78, 5) is 2.57. The van der Waals surface area contributed by atoms with Gasteiger partial charge in [0.25, 0.3) is 0 Å². The molecule has 2 nitrogen and oxygen atoms in total. The molecule has 1 saturated heterocycles. The van der Waals surface area contributed by atoms with Crippen LogP contribution in [0.15, 0.2) is 0 Å². The van der Waals surface area contributed by atoms with E-state index in [-0.39, 0.29) is 0 Å². The Morgan fingerprint density at radius 1 is 1.14 bits per heavy atom. The Bertz CT molecular complexity index is 175. The summed E-state index contributed by atoms with van der Waals surface area (Å²) in [5.41, 5.74) is 0. The van der Waals surface area contributed by atoms with Gasteiger partial charge in [-0.3, -0.25) is 0 Å². The lowest BCUT2D eigenvalue weighted by Crippen LogP contribution is -2.54. The highest BCUT2D eigenvalue weighted by atomic mass is 15.2. The maximum absolute atomic E-state index is 3.56. The third-order valence-electron chi connectivity index (χ3n) is 4.23. The van der Waals surface area contributed by atoms with E-state index in [1.54, 1.807) is 0 Å². The first-order valence-electron chi connectivity index (χ1n) is 6.20. The highest BCUT2D eigenvalue weighted by Gasteiger charge is 2.34. The van der Waals surface area contributed by atoms with E-state index < -0.39 is 0 Å². The van der Waals surface area contributed by atoms with Gasteiger partial charge in [0.05, 0.1) is 0 Å². The molecule has 2 fully saturated rings. The van der Waals surface area contributed by atoms with Crippen molar-refractivity contribution in [2.45, 2.75) is 50.6 Å². The molecule has 1 heterocycles. The van der Waals surface area contributed by atoms with E-state index in [0.717, 1.165) is 18.0 Å². The molecule has 0 aromatic carbocycles. The SMILES string of the molecule is CNC(C1CCC1)C1CCCCN1C. The minimum absolute atomic E-state index is 0.758. The number of hydrogen-bond acceptors (Lipinski definition) is 2. The largest absolute Gasteiger partial charge is 0.315 e. The first-order valence-corrected chi connectivity index (χ1v) is 6.20. The lowest BCUT2D eigenvalue weighted by Gasteiger charge is -2.44. The Kier molecular flexibility index (Phi) is 3.45. The van der Waals surface area contributed by atoms with Crippen LogP contribution in [0.4, 0.5) is 0 Å². The zero-order valence-corrected chi connectivity index (χ0v) is 9.63. The molecular formula is C12H24N2. The zero-order valence-electron chi connectivity index (χ0n) is 9.63. The molecule has 1 aliphatic carbocycles. The van der Waals surface area contributed by atoms with Gasteiger partial charge in [-0.05, 0) is 52.2 Å².